The molecule has 2 aliphatic carbocycles. The molecule has 0 aromatic carbocycles. The van der Waals surface area contributed by atoms with Crippen LogP contribution in [0.15, 0.2) is 17.1 Å². The first-order valence-electron chi connectivity index (χ1n) is 8.86. The quantitative estimate of drug-likeness (QED) is 0.861. The van der Waals surface area contributed by atoms with Crippen LogP contribution in [0.25, 0.3) is 0 Å². The third-order valence-electron chi connectivity index (χ3n) is 4.91. The Morgan fingerprint density at radius 2 is 1.83 bits per heavy atom. The van der Waals surface area contributed by atoms with Crippen molar-refractivity contribution in [1.29, 1.82) is 0 Å². The average Bonchev–Trinajstić information content (AvgIpc) is 3.40. The summed E-state index contributed by atoms with van der Waals surface area (Å²) in [7, 11) is 1.49. The number of carbonyl (C=O) groups is 2. The highest BCUT2D eigenvalue weighted by Gasteiger charge is 2.25. The lowest BCUT2D eigenvalue weighted by Gasteiger charge is -2.23. The number of carbonyl (C=O) groups excluding carboxylic acids is 2. The molecule has 0 aliphatic heterocycles. The Morgan fingerprint density at radius 1 is 1.12 bits per heavy atom. The molecule has 1 heterocycles. The van der Waals surface area contributed by atoms with Crippen molar-refractivity contribution in [2.75, 3.05) is 7.05 Å². The number of nitrogens with one attached hydrogen (secondary N) is 2. The van der Waals surface area contributed by atoms with Crippen LogP contribution in [0.2, 0.25) is 0 Å². The van der Waals surface area contributed by atoms with Gasteiger partial charge in [-0.3, -0.25) is 14.4 Å². The Bertz CT molecular complexity index is 685. The molecular formula is C18H25N3O3. The van der Waals surface area contributed by atoms with Crippen LogP contribution in [0, 0.1) is 5.92 Å². The molecule has 1 aromatic heterocycles. The van der Waals surface area contributed by atoms with Gasteiger partial charge in [0, 0.05) is 25.8 Å². The molecule has 2 saturated carbocycles. The van der Waals surface area contributed by atoms with Crippen LogP contribution in [0.5, 0.6) is 0 Å². The molecular weight excluding hydrogens is 306 g/mol. The van der Waals surface area contributed by atoms with E-state index in [1.54, 1.807) is 10.8 Å². The molecule has 6 heteroatoms. The summed E-state index contributed by atoms with van der Waals surface area (Å²) < 4.78 is 1.56. The summed E-state index contributed by atoms with van der Waals surface area (Å²) in [5, 5.41) is 5.41. The Morgan fingerprint density at radius 3 is 2.46 bits per heavy atom. The summed E-state index contributed by atoms with van der Waals surface area (Å²) in [4.78, 5) is 37.0. The van der Waals surface area contributed by atoms with E-state index in [0.29, 0.717) is 18.0 Å². The lowest BCUT2D eigenvalue weighted by Crippen LogP contribution is -2.35. The van der Waals surface area contributed by atoms with Gasteiger partial charge in [0.2, 0.25) is 0 Å². The van der Waals surface area contributed by atoms with Gasteiger partial charge in [0.25, 0.3) is 17.4 Å². The SMILES string of the molecule is CNC(=O)c1cc(C(=O)NC2CC2)cn(CC2CCCCC2)c1=O. The van der Waals surface area contributed by atoms with E-state index in [9.17, 15) is 14.4 Å². The average molecular weight is 331 g/mol. The minimum Gasteiger partial charge on any atom is -0.355 e. The molecule has 6 nitrogen and oxygen atoms in total. The van der Waals surface area contributed by atoms with Gasteiger partial charge in [-0.25, -0.2) is 0 Å². The predicted molar refractivity (Wildman–Crippen MR) is 91.2 cm³/mol. The maximum absolute atomic E-state index is 12.6. The minimum absolute atomic E-state index is 0.0387. The van der Waals surface area contributed by atoms with Crippen LogP contribution in [-0.4, -0.2) is 29.5 Å². The van der Waals surface area contributed by atoms with Gasteiger partial charge in [0.05, 0.1) is 5.56 Å². The summed E-state index contributed by atoms with van der Waals surface area (Å²) >= 11 is 0. The number of hydrogen-bond donors (Lipinski definition) is 2. The second kappa shape index (κ2) is 7.20. The van der Waals surface area contributed by atoms with E-state index in [4.69, 9.17) is 0 Å². The zero-order chi connectivity index (χ0) is 17.1. The fraction of sp³-hybridized carbons (Fsp3) is 0.611. The molecule has 2 aliphatic rings. The van der Waals surface area contributed by atoms with E-state index in [1.165, 1.54) is 32.4 Å². The van der Waals surface area contributed by atoms with Crippen LogP contribution < -0.4 is 16.2 Å². The van der Waals surface area contributed by atoms with Gasteiger partial charge in [-0.15, -0.1) is 0 Å². The molecule has 3 rings (SSSR count). The van der Waals surface area contributed by atoms with Crippen molar-refractivity contribution in [3.05, 3.63) is 33.7 Å². The van der Waals surface area contributed by atoms with Gasteiger partial charge in [0.1, 0.15) is 5.56 Å². The highest BCUT2D eigenvalue weighted by molar-refractivity contribution is 5.99. The normalized spacial score (nSPS) is 18.2. The molecule has 1 aromatic rings. The third-order valence-corrected chi connectivity index (χ3v) is 4.91. The highest BCUT2D eigenvalue weighted by atomic mass is 16.2. The molecule has 0 spiro atoms. The van der Waals surface area contributed by atoms with Crippen molar-refractivity contribution in [2.45, 2.75) is 57.5 Å². The minimum atomic E-state index is -0.446. The first-order valence-corrected chi connectivity index (χ1v) is 8.86. The van der Waals surface area contributed by atoms with Crippen molar-refractivity contribution < 1.29 is 9.59 Å². The van der Waals surface area contributed by atoms with Crippen molar-refractivity contribution >= 4 is 11.8 Å². The summed E-state index contributed by atoms with van der Waals surface area (Å²) in [5.41, 5.74) is 0.107. The Labute approximate surface area is 141 Å². The maximum Gasteiger partial charge on any atom is 0.263 e. The highest BCUT2D eigenvalue weighted by Crippen LogP contribution is 2.25. The van der Waals surface area contributed by atoms with E-state index in [-0.39, 0.29) is 23.1 Å². The summed E-state index contributed by atoms with van der Waals surface area (Å²) in [6.45, 7) is 0.577. The van der Waals surface area contributed by atoms with Crippen molar-refractivity contribution in [2.24, 2.45) is 5.92 Å². The monoisotopic (exact) mass is 331 g/mol. The Hall–Kier alpha value is -2.11. The lowest BCUT2D eigenvalue weighted by molar-refractivity contribution is 0.0950. The summed E-state index contributed by atoms with van der Waals surface area (Å²) in [6, 6.07) is 1.65. The second-order valence-electron chi connectivity index (χ2n) is 6.93. The summed E-state index contributed by atoms with van der Waals surface area (Å²) in [6.07, 6.45) is 9.42. The molecule has 2 N–H and O–H groups in total. The first-order chi connectivity index (χ1) is 11.6. The van der Waals surface area contributed by atoms with Crippen LogP contribution in [-0.2, 0) is 6.54 Å². The van der Waals surface area contributed by atoms with Gasteiger partial charge in [-0.05, 0) is 37.7 Å². The Balaban J connectivity index is 1.90. The fourth-order valence-corrected chi connectivity index (χ4v) is 3.34. The standard InChI is InChI=1S/C18H25N3O3/c1-19-17(23)15-9-13(16(22)20-14-7-8-14)11-21(18(15)24)10-12-5-3-2-4-6-12/h9,11-12,14H,2-8,10H2,1H3,(H,19,23)(H,20,22). The van der Waals surface area contributed by atoms with E-state index in [2.05, 4.69) is 10.6 Å². The van der Waals surface area contributed by atoms with Crippen LogP contribution in [0.3, 0.4) is 0 Å². The zero-order valence-corrected chi connectivity index (χ0v) is 14.1. The lowest BCUT2D eigenvalue weighted by atomic mass is 9.89. The molecule has 0 atom stereocenters. The van der Waals surface area contributed by atoms with Gasteiger partial charge in [-0.2, -0.15) is 0 Å². The number of amides is 2. The van der Waals surface area contributed by atoms with Crippen LogP contribution in [0.4, 0.5) is 0 Å². The third kappa shape index (κ3) is 3.86. The number of rotatable bonds is 5. The van der Waals surface area contributed by atoms with Crippen LogP contribution >= 0.6 is 0 Å². The molecule has 0 bridgehead atoms. The molecule has 0 radical (unpaired) electrons. The Kier molecular flexibility index (Phi) is 5.02. The molecule has 2 amide bonds. The number of aromatic nitrogens is 1. The van der Waals surface area contributed by atoms with Crippen LogP contribution in [0.1, 0.15) is 65.7 Å². The topological polar surface area (TPSA) is 80.2 Å². The molecule has 0 unspecified atom stereocenters. The van der Waals surface area contributed by atoms with Gasteiger partial charge >= 0.3 is 0 Å². The maximum atomic E-state index is 12.6. The number of hydrogen-bond acceptors (Lipinski definition) is 3. The number of pyridine rings is 1. The van der Waals surface area contributed by atoms with Crippen molar-refractivity contribution in [3.63, 3.8) is 0 Å². The summed E-state index contributed by atoms with van der Waals surface area (Å²) in [5.74, 6) is -0.214. The van der Waals surface area contributed by atoms with Crippen molar-refractivity contribution in [3.8, 4) is 0 Å². The first kappa shape index (κ1) is 16.7. The molecule has 24 heavy (non-hydrogen) atoms. The largest absolute Gasteiger partial charge is 0.355 e. The molecule has 130 valence electrons. The number of nitrogens with zero attached hydrogens (tertiary/aromatic N) is 1. The van der Waals surface area contributed by atoms with Gasteiger partial charge in [0.15, 0.2) is 0 Å². The van der Waals surface area contributed by atoms with Gasteiger partial charge in [-0.1, -0.05) is 19.3 Å². The molecule has 0 saturated heterocycles. The predicted octanol–water partition coefficient (Wildman–Crippen LogP) is 1.68. The fourth-order valence-electron chi connectivity index (χ4n) is 3.34. The van der Waals surface area contributed by atoms with E-state index < -0.39 is 5.91 Å². The zero-order valence-electron chi connectivity index (χ0n) is 14.1. The van der Waals surface area contributed by atoms with Crippen molar-refractivity contribution in [1.82, 2.24) is 15.2 Å². The van der Waals surface area contributed by atoms with E-state index in [0.717, 1.165) is 25.7 Å². The van der Waals surface area contributed by atoms with Gasteiger partial charge < -0.3 is 15.2 Å². The molecule has 2 fully saturated rings. The smallest absolute Gasteiger partial charge is 0.263 e. The van der Waals surface area contributed by atoms with E-state index >= 15 is 0 Å². The van der Waals surface area contributed by atoms with E-state index in [1.807, 2.05) is 0 Å². The second-order valence-corrected chi connectivity index (χ2v) is 6.93.